The maximum absolute atomic E-state index is 13.3. The molecule has 0 aliphatic rings. The molecule has 0 radical (unpaired) electrons. The van der Waals surface area contributed by atoms with E-state index in [9.17, 15) is 59.4 Å². The van der Waals surface area contributed by atoms with Crippen LogP contribution in [-0.4, -0.2) is 104 Å². The first kappa shape index (κ1) is 37.3. The van der Waals surface area contributed by atoms with Crippen LogP contribution in [0.3, 0.4) is 0 Å². The van der Waals surface area contributed by atoms with Crippen molar-refractivity contribution >= 4 is 35.4 Å². The first-order valence-corrected chi connectivity index (χ1v) is 14.4. The van der Waals surface area contributed by atoms with E-state index in [0.717, 1.165) is 30.3 Å². The quantitative estimate of drug-likeness (QED) is 0.0660. The zero-order valence-corrected chi connectivity index (χ0v) is 25.9. The summed E-state index contributed by atoms with van der Waals surface area (Å²) in [6.45, 7) is -2.23. The Morgan fingerprint density at radius 2 is 0.960 bits per heavy atom. The van der Waals surface area contributed by atoms with Gasteiger partial charge in [-0.3, -0.25) is 28.8 Å². The fourth-order valence-corrected chi connectivity index (χ4v) is 4.16. The largest absolute Gasteiger partial charge is 0.504 e. The minimum absolute atomic E-state index is 0.268. The third-order valence-corrected chi connectivity index (χ3v) is 6.78. The van der Waals surface area contributed by atoms with E-state index in [1.807, 2.05) is 0 Å². The van der Waals surface area contributed by atoms with Crippen molar-refractivity contribution in [2.24, 2.45) is 0 Å². The summed E-state index contributed by atoms with van der Waals surface area (Å²) < 4.78 is 0. The summed E-state index contributed by atoms with van der Waals surface area (Å²) in [7, 11) is 0. The third kappa shape index (κ3) is 9.68. The van der Waals surface area contributed by atoms with Gasteiger partial charge in [-0.05, 0) is 36.4 Å². The maximum atomic E-state index is 13.3. The van der Waals surface area contributed by atoms with Crippen molar-refractivity contribution < 1.29 is 59.4 Å². The van der Waals surface area contributed by atoms with Crippen LogP contribution in [0.1, 0.15) is 31.1 Å². The van der Waals surface area contributed by atoms with Gasteiger partial charge in [-0.15, -0.1) is 6.42 Å². The molecule has 262 valence electrons. The lowest BCUT2D eigenvalue weighted by Crippen LogP contribution is -2.57. The summed E-state index contributed by atoms with van der Waals surface area (Å²) in [6, 6.07) is 7.41. The van der Waals surface area contributed by atoms with Crippen molar-refractivity contribution in [2.75, 3.05) is 26.2 Å². The number of phenols is 6. The number of amides is 6. The number of aromatic hydroxyl groups is 6. The standard InChI is InChI=1S/C32H32N6O12/c1-2-12-33-31(49)20(38-30(48)18-8-5-11-23(41)27(18)45)14-35-32(50)19(37-29(47)17-7-4-10-22(40)26(17)44)13-34-24(42)15-36-28(46)16-6-3-9-21(39)25(16)43/h1,3-11,19-20,39-41,43-45H,12-15H2,(H,33,49)(H,34,42)(H,35,50)(H,36,46)(H,37,47)(H,38,48)/t19-,20-/m0/s1. The molecule has 3 aromatic rings. The molecule has 6 amide bonds. The van der Waals surface area contributed by atoms with E-state index in [1.54, 1.807) is 0 Å². The van der Waals surface area contributed by atoms with E-state index in [2.05, 4.69) is 37.8 Å². The Balaban J connectivity index is 1.76. The summed E-state index contributed by atoms with van der Waals surface area (Å²) in [5, 5.41) is 72.9. The maximum Gasteiger partial charge on any atom is 0.255 e. The van der Waals surface area contributed by atoms with E-state index in [-0.39, 0.29) is 12.1 Å². The molecule has 18 nitrogen and oxygen atoms in total. The predicted molar refractivity (Wildman–Crippen MR) is 172 cm³/mol. The Morgan fingerprint density at radius 3 is 1.40 bits per heavy atom. The minimum Gasteiger partial charge on any atom is -0.504 e. The Bertz CT molecular complexity index is 1840. The van der Waals surface area contributed by atoms with E-state index < -0.39 is 113 Å². The molecule has 12 N–H and O–H groups in total. The Labute approximate surface area is 283 Å². The molecule has 3 rings (SSSR count). The first-order valence-electron chi connectivity index (χ1n) is 14.4. The fourth-order valence-electron chi connectivity index (χ4n) is 4.16. The molecule has 0 unspecified atom stereocenters. The lowest BCUT2D eigenvalue weighted by Gasteiger charge is -2.22. The summed E-state index contributed by atoms with van der Waals surface area (Å²) >= 11 is 0. The van der Waals surface area contributed by atoms with Gasteiger partial charge in [-0.2, -0.15) is 0 Å². The third-order valence-electron chi connectivity index (χ3n) is 6.78. The van der Waals surface area contributed by atoms with Crippen molar-refractivity contribution in [3.8, 4) is 46.8 Å². The number of hydrogen-bond acceptors (Lipinski definition) is 12. The van der Waals surface area contributed by atoms with Gasteiger partial charge in [0.15, 0.2) is 34.5 Å². The van der Waals surface area contributed by atoms with Crippen LogP contribution in [0.2, 0.25) is 0 Å². The number of carbonyl (C=O) groups is 6. The highest BCUT2D eigenvalue weighted by atomic mass is 16.3. The number of carbonyl (C=O) groups excluding carboxylic acids is 6. The van der Waals surface area contributed by atoms with Crippen LogP contribution in [0, 0.1) is 12.3 Å². The normalized spacial score (nSPS) is 11.5. The molecule has 0 fully saturated rings. The number of phenolic OH excluding ortho intramolecular Hbond substituents is 6. The second kappa shape index (κ2) is 17.1. The van der Waals surface area contributed by atoms with Crippen molar-refractivity contribution in [2.45, 2.75) is 12.1 Å². The second-order valence-electron chi connectivity index (χ2n) is 10.2. The lowest BCUT2D eigenvalue weighted by molar-refractivity contribution is -0.124. The number of terminal acetylenes is 1. The fraction of sp³-hybridized carbons (Fsp3) is 0.188. The highest BCUT2D eigenvalue weighted by Crippen LogP contribution is 2.29. The molecule has 2 atom stereocenters. The van der Waals surface area contributed by atoms with Crippen LogP contribution in [-0.2, 0) is 14.4 Å². The van der Waals surface area contributed by atoms with Gasteiger partial charge in [0.05, 0.1) is 29.8 Å². The number of benzene rings is 3. The number of hydrogen-bond donors (Lipinski definition) is 12. The van der Waals surface area contributed by atoms with Gasteiger partial charge in [0.2, 0.25) is 17.7 Å². The van der Waals surface area contributed by atoms with Gasteiger partial charge in [0, 0.05) is 13.1 Å². The SMILES string of the molecule is C#CCNC(=O)[C@H](CNC(=O)[C@H](CNC(=O)CNC(=O)c1cccc(O)c1O)NC(=O)c1cccc(O)c1O)NC(=O)c1cccc(O)c1O. The summed E-state index contributed by atoms with van der Waals surface area (Å²) in [5.74, 6) is -7.78. The predicted octanol–water partition coefficient (Wildman–Crippen LogP) is -1.77. The van der Waals surface area contributed by atoms with E-state index >= 15 is 0 Å². The molecule has 0 saturated carbocycles. The first-order chi connectivity index (χ1) is 23.7. The number of para-hydroxylation sites is 3. The summed E-state index contributed by atoms with van der Waals surface area (Å²) in [6.07, 6.45) is 5.18. The monoisotopic (exact) mass is 692 g/mol. The van der Waals surface area contributed by atoms with Crippen molar-refractivity contribution in [1.29, 1.82) is 0 Å². The molecule has 0 heterocycles. The Hall–Kier alpha value is -7.16. The van der Waals surface area contributed by atoms with Gasteiger partial charge in [0.25, 0.3) is 17.7 Å². The van der Waals surface area contributed by atoms with Crippen LogP contribution < -0.4 is 31.9 Å². The zero-order valence-electron chi connectivity index (χ0n) is 25.9. The van der Waals surface area contributed by atoms with E-state index in [1.165, 1.54) is 24.3 Å². The molecule has 0 saturated heterocycles. The van der Waals surface area contributed by atoms with Crippen LogP contribution >= 0.6 is 0 Å². The van der Waals surface area contributed by atoms with Gasteiger partial charge in [-0.25, -0.2) is 0 Å². The van der Waals surface area contributed by atoms with Crippen LogP contribution in [0.4, 0.5) is 0 Å². The highest BCUT2D eigenvalue weighted by molar-refractivity contribution is 6.02. The Kier molecular flexibility index (Phi) is 12.8. The zero-order chi connectivity index (χ0) is 37.0. The van der Waals surface area contributed by atoms with Crippen LogP contribution in [0.5, 0.6) is 34.5 Å². The lowest BCUT2D eigenvalue weighted by atomic mass is 10.1. The molecule has 0 aromatic heterocycles. The van der Waals surface area contributed by atoms with E-state index in [0.29, 0.717) is 0 Å². The number of rotatable bonds is 14. The molecule has 0 bridgehead atoms. The molecule has 0 aliphatic heterocycles. The molecule has 0 spiro atoms. The minimum atomic E-state index is -1.64. The molecule has 3 aromatic carbocycles. The summed E-state index contributed by atoms with van der Waals surface area (Å²) in [5.41, 5.74) is -1.19. The molecule has 18 heteroatoms. The van der Waals surface area contributed by atoms with Gasteiger partial charge < -0.3 is 62.5 Å². The smallest absolute Gasteiger partial charge is 0.255 e. The second-order valence-corrected chi connectivity index (χ2v) is 10.2. The van der Waals surface area contributed by atoms with Crippen molar-refractivity contribution in [3.63, 3.8) is 0 Å². The average Bonchev–Trinajstić information content (AvgIpc) is 3.09. The highest BCUT2D eigenvalue weighted by Gasteiger charge is 2.28. The topological polar surface area (TPSA) is 296 Å². The molecule has 0 aliphatic carbocycles. The molecular weight excluding hydrogens is 660 g/mol. The van der Waals surface area contributed by atoms with Gasteiger partial charge in [-0.1, -0.05) is 24.1 Å². The van der Waals surface area contributed by atoms with Crippen molar-refractivity contribution in [1.82, 2.24) is 31.9 Å². The number of nitrogens with one attached hydrogen (secondary N) is 6. The average molecular weight is 693 g/mol. The van der Waals surface area contributed by atoms with Crippen LogP contribution in [0.15, 0.2) is 54.6 Å². The van der Waals surface area contributed by atoms with Crippen molar-refractivity contribution in [3.05, 3.63) is 71.3 Å². The van der Waals surface area contributed by atoms with Crippen LogP contribution in [0.25, 0.3) is 0 Å². The Morgan fingerprint density at radius 1 is 0.560 bits per heavy atom. The molecule has 50 heavy (non-hydrogen) atoms. The van der Waals surface area contributed by atoms with E-state index in [4.69, 9.17) is 6.42 Å². The molecular formula is C32H32N6O12. The summed E-state index contributed by atoms with van der Waals surface area (Å²) in [4.78, 5) is 76.9. The van der Waals surface area contributed by atoms with Gasteiger partial charge in [0.1, 0.15) is 12.1 Å². The van der Waals surface area contributed by atoms with Gasteiger partial charge >= 0.3 is 0 Å².